The molecule has 1 aliphatic rings. The molecule has 1 saturated heterocycles. The summed E-state index contributed by atoms with van der Waals surface area (Å²) >= 11 is 0. The summed E-state index contributed by atoms with van der Waals surface area (Å²) in [4.78, 5) is 12.6. The highest BCUT2D eigenvalue weighted by molar-refractivity contribution is 5.44. The van der Waals surface area contributed by atoms with E-state index in [1.165, 1.54) is 6.20 Å². The van der Waals surface area contributed by atoms with Crippen molar-refractivity contribution in [2.45, 2.75) is 32.2 Å². The van der Waals surface area contributed by atoms with Gasteiger partial charge in [-0.3, -0.25) is 0 Å². The molecule has 5 nitrogen and oxygen atoms in total. The summed E-state index contributed by atoms with van der Waals surface area (Å²) in [5, 5.41) is 3.10. The average Bonchev–Trinajstić information content (AvgIpc) is 2.46. The molecule has 0 aromatic carbocycles. The van der Waals surface area contributed by atoms with Crippen molar-refractivity contribution in [3.8, 4) is 0 Å². The van der Waals surface area contributed by atoms with E-state index in [4.69, 9.17) is 0 Å². The third-order valence-electron chi connectivity index (χ3n) is 3.75. The van der Waals surface area contributed by atoms with Crippen molar-refractivity contribution in [3.63, 3.8) is 0 Å². The van der Waals surface area contributed by atoms with Crippen LogP contribution in [0.3, 0.4) is 0 Å². The molecule has 6 heteroatoms. The van der Waals surface area contributed by atoms with Crippen LogP contribution in [0.1, 0.15) is 26.2 Å². The van der Waals surface area contributed by atoms with Crippen LogP contribution in [-0.4, -0.2) is 54.6 Å². The molecular weight excluding hydrogens is 257 g/mol. The van der Waals surface area contributed by atoms with E-state index in [-0.39, 0.29) is 5.82 Å². The maximum atomic E-state index is 13.9. The monoisotopic (exact) mass is 281 g/mol. The summed E-state index contributed by atoms with van der Waals surface area (Å²) in [5.41, 5.74) is 0. The van der Waals surface area contributed by atoms with Gasteiger partial charge in [0.15, 0.2) is 11.6 Å². The van der Waals surface area contributed by atoms with Crippen molar-refractivity contribution in [1.29, 1.82) is 0 Å². The highest BCUT2D eigenvalue weighted by atomic mass is 19.1. The average molecular weight is 281 g/mol. The Labute approximate surface area is 120 Å². The van der Waals surface area contributed by atoms with Crippen molar-refractivity contribution in [3.05, 3.63) is 12.0 Å². The Balaban J connectivity index is 2.05. The van der Waals surface area contributed by atoms with Gasteiger partial charge in [-0.15, -0.1) is 0 Å². The molecule has 0 atom stereocenters. The summed E-state index contributed by atoms with van der Waals surface area (Å²) in [6.45, 7) is 4.55. The third kappa shape index (κ3) is 3.56. The van der Waals surface area contributed by atoms with Gasteiger partial charge in [-0.25, -0.2) is 9.37 Å². The van der Waals surface area contributed by atoms with E-state index in [2.05, 4.69) is 41.2 Å². The van der Waals surface area contributed by atoms with Crippen molar-refractivity contribution >= 4 is 11.8 Å². The Hall–Kier alpha value is -1.43. The number of nitrogens with zero attached hydrogens (tertiary/aromatic N) is 4. The molecule has 0 unspecified atom stereocenters. The largest absolute Gasteiger partial charge is 0.354 e. The van der Waals surface area contributed by atoms with Gasteiger partial charge < -0.3 is 15.1 Å². The number of hydrogen-bond donors (Lipinski definition) is 1. The smallest absolute Gasteiger partial charge is 0.224 e. The number of aromatic nitrogens is 2. The Kier molecular flexibility index (Phi) is 5.11. The maximum absolute atomic E-state index is 13.9. The van der Waals surface area contributed by atoms with Gasteiger partial charge in [0, 0.05) is 25.7 Å². The van der Waals surface area contributed by atoms with Gasteiger partial charge in [0.25, 0.3) is 0 Å². The van der Waals surface area contributed by atoms with E-state index in [0.29, 0.717) is 17.8 Å². The van der Waals surface area contributed by atoms with E-state index in [9.17, 15) is 4.39 Å². The van der Waals surface area contributed by atoms with Crippen LogP contribution >= 0.6 is 0 Å². The lowest BCUT2D eigenvalue weighted by molar-refractivity contribution is 0.249. The summed E-state index contributed by atoms with van der Waals surface area (Å²) in [6, 6.07) is 0.578. The molecule has 0 bridgehead atoms. The van der Waals surface area contributed by atoms with Gasteiger partial charge in [0.2, 0.25) is 5.95 Å². The molecule has 2 heterocycles. The number of anilines is 2. The van der Waals surface area contributed by atoms with Gasteiger partial charge in [0.1, 0.15) is 0 Å². The van der Waals surface area contributed by atoms with Crippen LogP contribution in [-0.2, 0) is 0 Å². The highest BCUT2D eigenvalue weighted by Gasteiger charge is 2.23. The molecule has 1 aromatic rings. The van der Waals surface area contributed by atoms with Gasteiger partial charge in [0.05, 0.1) is 6.20 Å². The van der Waals surface area contributed by atoms with Crippen LogP contribution in [0, 0.1) is 5.82 Å². The van der Waals surface area contributed by atoms with E-state index in [1.54, 1.807) is 0 Å². The van der Waals surface area contributed by atoms with Crippen molar-refractivity contribution in [2.75, 3.05) is 43.9 Å². The second kappa shape index (κ2) is 6.83. The highest BCUT2D eigenvalue weighted by Crippen LogP contribution is 2.23. The Morgan fingerprint density at radius 2 is 2.10 bits per heavy atom. The fourth-order valence-corrected chi connectivity index (χ4v) is 2.50. The first kappa shape index (κ1) is 15.0. The van der Waals surface area contributed by atoms with Crippen LogP contribution in [0.25, 0.3) is 0 Å². The van der Waals surface area contributed by atoms with E-state index >= 15 is 0 Å². The van der Waals surface area contributed by atoms with Crippen LogP contribution in [0.15, 0.2) is 6.20 Å². The first-order chi connectivity index (χ1) is 9.61. The molecule has 1 aromatic heterocycles. The third-order valence-corrected chi connectivity index (χ3v) is 3.75. The standard InChI is InChI=1S/C14H24FN5/c1-4-7-16-14-17-10-12(15)13(18-14)20-8-5-11(6-9-20)19(2)3/h10-11H,4-9H2,1-3H3,(H,16,17,18). The zero-order valence-corrected chi connectivity index (χ0v) is 12.6. The molecule has 0 amide bonds. The minimum Gasteiger partial charge on any atom is -0.354 e. The second-order valence-corrected chi connectivity index (χ2v) is 5.47. The topological polar surface area (TPSA) is 44.3 Å². The molecule has 112 valence electrons. The van der Waals surface area contributed by atoms with E-state index < -0.39 is 0 Å². The fraction of sp³-hybridized carbons (Fsp3) is 0.714. The summed E-state index contributed by atoms with van der Waals surface area (Å²) < 4.78 is 13.9. The minimum absolute atomic E-state index is 0.338. The minimum atomic E-state index is -0.338. The van der Waals surface area contributed by atoms with Crippen molar-refractivity contribution in [2.24, 2.45) is 0 Å². The first-order valence-corrected chi connectivity index (χ1v) is 7.29. The molecule has 2 rings (SSSR count). The number of halogens is 1. The summed E-state index contributed by atoms with van der Waals surface area (Å²) in [7, 11) is 4.19. The van der Waals surface area contributed by atoms with Gasteiger partial charge >= 0.3 is 0 Å². The Bertz CT molecular complexity index is 430. The summed E-state index contributed by atoms with van der Waals surface area (Å²) in [6.07, 6.45) is 4.32. The zero-order valence-electron chi connectivity index (χ0n) is 12.6. The van der Waals surface area contributed by atoms with Crippen molar-refractivity contribution < 1.29 is 4.39 Å². The number of piperidine rings is 1. The predicted molar refractivity (Wildman–Crippen MR) is 79.7 cm³/mol. The molecule has 0 aliphatic carbocycles. The normalized spacial score (nSPS) is 16.8. The summed E-state index contributed by atoms with van der Waals surface area (Å²) in [5.74, 6) is 0.601. The Morgan fingerprint density at radius 1 is 1.40 bits per heavy atom. The SMILES string of the molecule is CCCNc1ncc(F)c(N2CCC(N(C)C)CC2)n1. The fourth-order valence-electron chi connectivity index (χ4n) is 2.50. The molecule has 1 fully saturated rings. The number of nitrogens with one attached hydrogen (secondary N) is 1. The molecule has 1 aliphatic heterocycles. The zero-order chi connectivity index (χ0) is 14.5. The molecular formula is C14H24FN5. The second-order valence-electron chi connectivity index (χ2n) is 5.47. The number of hydrogen-bond acceptors (Lipinski definition) is 5. The number of rotatable bonds is 5. The van der Waals surface area contributed by atoms with Gasteiger partial charge in [-0.1, -0.05) is 6.92 Å². The molecule has 0 saturated carbocycles. The maximum Gasteiger partial charge on any atom is 0.224 e. The first-order valence-electron chi connectivity index (χ1n) is 7.29. The molecule has 1 N–H and O–H groups in total. The lowest BCUT2D eigenvalue weighted by Gasteiger charge is -2.35. The predicted octanol–water partition coefficient (Wildman–Crippen LogP) is 1.97. The van der Waals surface area contributed by atoms with Crippen molar-refractivity contribution in [1.82, 2.24) is 14.9 Å². The van der Waals surface area contributed by atoms with Gasteiger partial charge in [-0.2, -0.15) is 4.98 Å². The Morgan fingerprint density at radius 3 is 2.70 bits per heavy atom. The van der Waals surface area contributed by atoms with Crippen LogP contribution in [0.4, 0.5) is 16.2 Å². The molecule has 0 spiro atoms. The van der Waals surface area contributed by atoms with Crippen LogP contribution in [0.5, 0.6) is 0 Å². The van der Waals surface area contributed by atoms with Crippen LogP contribution < -0.4 is 10.2 Å². The van der Waals surface area contributed by atoms with Gasteiger partial charge in [-0.05, 0) is 33.4 Å². The quantitative estimate of drug-likeness (QED) is 0.894. The molecule has 0 radical (unpaired) electrons. The van der Waals surface area contributed by atoms with Crippen LogP contribution in [0.2, 0.25) is 0 Å². The lowest BCUT2D eigenvalue weighted by Crippen LogP contribution is -2.42. The lowest BCUT2D eigenvalue weighted by atomic mass is 10.0. The van der Waals surface area contributed by atoms with E-state index in [1.807, 2.05) is 4.90 Å². The molecule has 20 heavy (non-hydrogen) atoms. The van der Waals surface area contributed by atoms with E-state index in [0.717, 1.165) is 38.9 Å².